The molecule has 0 spiro atoms. The summed E-state index contributed by atoms with van der Waals surface area (Å²) in [6.07, 6.45) is 0. The van der Waals surface area contributed by atoms with Crippen molar-refractivity contribution < 1.29 is 17.9 Å². The van der Waals surface area contributed by atoms with Gasteiger partial charge in [0.25, 0.3) is 15.8 Å². The van der Waals surface area contributed by atoms with E-state index in [4.69, 9.17) is 0 Å². The number of non-ortho nitro benzene ring substituents is 1. The van der Waals surface area contributed by atoms with Gasteiger partial charge in [0.05, 0.1) is 15.7 Å². The van der Waals surface area contributed by atoms with E-state index in [1.165, 1.54) is 6.07 Å². The summed E-state index contributed by atoms with van der Waals surface area (Å²) in [6, 6.07) is 12.5. The topological polar surface area (TPSA) is 97.5 Å². The smallest absolute Gasteiger partial charge is 0.282 e. The molecule has 0 radical (unpaired) electrons. The second-order valence-corrected chi connectivity index (χ2v) is 5.92. The summed E-state index contributed by atoms with van der Waals surface area (Å²) in [5.41, 5.74) is -0.323. The highest BCUT2D eigenvalue weighted by atomic mass is 32.2. The molecule has 1 N–H and O–H groups in total. The number of benzene rings is 3. The zero-order chi connectivity index (χ0) is 15.2. The maximum Gasteiger partial charge on any atom is 0.295 e. The molecule has 21 heavy (non-hydrogen) atoms. The zero-order valence-corrected chi connectivity index (χ0v) is 11.4. The van der Waals surface area contributed by atoms with Crippen molar-refractivity contribution in [2.45, 2.75) is 4.90 Å². The largest absolute Gasteiger partial charge is 0.295 e. The van der Waals surface area contributed by atoms with E-state index in [1.807, 2.05) is 0 Å². The van der Waals surface area contributed by atoms with Crippen molar-refractivity contribution in [3.8, 4) is 0 Å². The fraction of sp³-hybridized carbons (Fsp3) is 0. The van der Waals surface area contributed by atoms with Gasteiger partial charge in [-0.25, -0.2) is 0 Å². The first-order valence-electron chi connectivity index (χ1n) is 5.96. The lowest BCUT2D eigenvalue weighted by molar-refractivity contribution is -0.381. The van der Waals surface area contributed by atoms with Gasteiger partial charge < -0.3 is 0 Å². The zero-order valence-electron chi connectivity index (χ0n) is 10.6. The van der Waals surface area contributed by atoms with E-state index in [9.17, 15) is 23.1 Å². The van der Waals surface area contributed by atoms with E-state index in [1.54, 1.807) is 36.4 Å². The van der Waals surface area contributed by atoms with Crippen LogP contribution in [-0.4, -0.2) is 17.9 Å². The molecule has 0 aliphatic rings. The van der Waals surface area contributed by atoms with Gasteiger partial charge >= 0.3 is 0 Å². The highest BCUT2D eigenvalue weighted by Gasteiger charge is 2.24. The van der Waals surface area contributed by atoms with Gasteiger partial charge in [0.2, 0.25) is 0 Å². The summed E-state index contributed by atoms with van der Waals surface area (Å²) < 4.78 is 32.3. The minimum absolute atomic E-state index is 0.0799. The summed E-state index contributed by atoms with van der Waals surface area (Å²) in [7, 11) is -4.56. The molecule has 0 aliphatic carbocycles. The molecular weight excluding hydrogens is 294 g/mol. The maximum atomic E-state index is 11.5. The maximum absolute atomic E-state index is 11.5. The Labute approximate surface area is 119 Å². The minimum atomic E-state index is -4.56. The lowest BCUT2D eigenvalue weighted by Gasteiger charge is -2.07. The molecule has 0 aromatic heterocycles. The molecule has 3 rings (SSSR count). The molecule has 0 saturated carbocycles. The summed E-state index contributed by atoms with van der Waals surface area (Å²) in [5.74, 6) is 0. The van der Waals surface area contributed by atoms with Crippen LogP contribution in [0.3, 0.4) is 0 Å². The highest BCUT2D eigenvalue weighted by molar-refractivity contribution is 7.86. The Morgan fingerprint density at radius 1 is 1.00 bits per heavy atom. The predicted octanol–water partition coefficient (Wildman–Crippen LogP) is 3.15. The fourth-order valence-electron chi connectivity index (χ4n) is 2.47. The average Bonchev–Trinajstić information content (AvgIpc) is 2.42. The first-order chi connectivity index (χ1) is 9.89. The predicted molar refractivity (Wildman–Crippen MR) is 77.9 cm³/mol. The van der Waals surface area contributed by atoms with Crippen molar-refractivity contribution in [3.05, 3.63) is 58.6 Å². The van der Waals surface area contributed by atoms with Crippen LogP contribution in [0.15, 0.2) is 53.4 Å². The molecule has 0 aliphatic heterocycles. The quantitative estimate of drug-likeness (QED) is 0.339. The number of fused-ring (bicyclic) bond motifs is 2. The van der Waals surface area contributed by atoms with Crippen molar-refractivity contribution in [3.63, 3.8) is 0 Å². The van der Waals surface area contributed by atoms with Crippen LogP contribution in [0.25, 0.3) is 21.5 Å². The van der Waals surface area contributed by atoms with E-state index in [0.29, 0.717) is 16.2 Å². The van der Waals surface area contributed by atoms with Gasteiger partial charge in [-0.1, -0.05) is 30.3 Å². The molecule has 0 fully saturated rings. The monoisotopic (exact) mass is 303 g/mol. The second-order valence-electron chi connectivity index (χ2n) is 4.53. The lowest BCUT2D eigenvalue weighted by atomic mass is 10.0. The number of rotatable bonds is 2. The molecule has 0 bridgehead atoms. The van der Waals surface area contributed by atoms with Gasteiger partial charge in [0, 0.05) is 0 Å². The lowest BCUT2D eigenvalue weighted by Crippen LogP contribution is -2.01. The molecule has 0 saturated heterocycles. The third-order valence-electron chi connectivity index (χ3n) is 3.28. The van der Waals surface area contributed by atoms with E-state index in [-0.39, 0.29) is 11.1 Å². The van der Waals surface area contributed by atoms with Crippen LogP contribution in [0.4, 0.5) is 5.69 Å². The highest BCUT2D eigenvalue weighted by Crippen LogP contribution is 2.37. The van der Waals surface area contributed by atoms with Crippen molar-refractivity contribution in [1.82, 2.24) is 0 Å². The Balaban J connectivity index is 2.67. The standard InChI is InChI=1S/C14H9NO5S/c16-15(17)14-11-6-2-1-4-9(11)8-10-5-3-7-12(13(10)14)21(18,19)20/h1-8H,(H,18,19,20). The van der Waals surface area contributed by atoms with Gasteiger partial charge in [0.1, 0.15) is 4.90 Å². The van der Waals surface area contributed by atoms with Crippen LogP contribution in [-0.2, 0) is 10.1 Å². The van der Waals surface area contributed by atoms with Crippen molar-refractivity contribution in [2.75, 3.05) is 0 Å². The number of nitrogens with zero attached hydrogens (tertiary/aromatic N) is 1. The van der Waals surface area contributed by atoms with Gasteiger partial charge in [-0.3, -0.25) is 14.7 Å². The molecule has 3 aromatic rings. The Bertz CT molecular complexity index is 995. The van der Waals surface area contributed by atoms with Crippen LogP contribution in [0.1, 0.15) is 0 Å². The fourth-order valence-corrected chi connectivity index (χ4v) is 3.19. The second kappa shape index (κ2) is 4.51. The Hall–Kier alpha value is -2.51. The minimum Gasteiger partial charge on any atom is -0.282 e. The third kappa shape index (κ3) is 2.12. The molecule has 6 nitrogen and oxygen atoms in total. The van der Waals surface area contributed by atoms with Crippen molar-refractivity contribution >= 4 is 37.4 Å². The van der Waals surface area contributed by atoms with E-state index < -0.39 is 19.9 Å². The molecule has 0 unspecified atom stereocenters. The van der Waals surface area contributed by atoms with E-state index >= 15 is 0 Å². The van der Waals surface area contributed by atoms with Crippen LogP contribution in [0.5, 0.6) is 0 Å². The van der Waals surface area contributed by atoms with Crippen molar-refractivity contribution in [1.29, 1.82) is 0 Å². The van der Waals surface area contributed by atoms with Crippen LogP contribution in [0.2, 0.25) is 0 Å². The molecule has 3 aromatic carbocycles. The van der Waals surface area contributed by atoms with Gasteiger partial charge in [-0.15, -0.1) is 0 Å². The summed E-state index contributed by atoms with van der Waals surface area (Å²) in [4.78, 5) is 10.4. The summed E-state index contributed by atoms with van der Waals surface area (Å²) >= 11 is 0. The van der Waals surface area contributed by atoms with Crippen molar-refractivity contribution in [2.24, 2.45) is 0 Å². The van der Waals surface area contributed by atoms with E-state index in [2.05, 4.69) is 0 Å². The molecular formula is C14H9NO5S. The van der Waals surface area contributed by atoms with Crippen LogP contribution >= 0.6 is 0 Å². The normalized spacial score (nSPS) is 11.9. The van der Waals surface area contributed by atoms with E-state index in [0.717, 1.165) is 6.07 Å². The molecule has 7 heteroatoms. The molecule has 106 valence electrons. The van der Waals surface area contributed by atoms with Gasteiger partial charge in [-0.05, 0) is 29.0 Å². The Kier molecular flexibility index (Phi) is 2.89. The number of nitro groups is 1. The average molecular weight is 303 g/mol. The number of hydrogen-bond donors (Lipinski definition) is 1. The third-order valence-corrected chi connectivity index (χ3v) is 4.18. The first-order valence-corrected chi connectivity index (χ1v) is 7.40. The number of hydrogen-bond acceptors (Lipinski definition) is 4. The van der Waals surface area contributed by atoms with Crippen LogP contribution < -0.4 is 0 Å². The number of nitro benzene ring substituents is 1. The molecule has 0 atom stereocenters. The molecule has 0 heterocycles. The van der Waals surface area contributed by atoms with Gasteiger partial charge in [0.15, 0.2) is 0 Å². The summed E-state index contributed by atoms with van der Waals surface area (Å²) in [5, 5.41) is 12.7. The first kappa shape index (κ1) is 13.5. The Morgan fingerprint density at radius 3 is 2.33 bits per heavy atom. The van der Waals surface area contributed by atoms with Gasteiger partial charge in [-0.2, -0.15) is 8.42 Å². The van der Waals surface area contributed by atoms with Crippen LogP contribution in [0, 0.1) is 10.1 Å². The SMILES string of the molecule is O=[N+]([O-])c1c2ccccc2cc2cccc(S(=O)(=O)O)c12. The summed E-state index contributed by atoms with van der Waals surface area (Å²) in [6.45, 7) is 0. The Morgan fingerprint density at radius 2 is 1.67 bits per heavy atom. The molecule has 0 amide bonds.